The number of anilines is 2. The molecule has 2 fully saturated rings. The minimum absolute atomic E-state index is 0.161. The number of likely N-dealkylation sites (N-methyl/N-ethyl adjacent to an activating group) is 1. The highest BCUT2D eigenvalue weighted by Crippen LogP contribution is 2.21. The molecule has 8 heteroatoms. The molecule has 4 rings (SSSR count). The third kappa shape index (κ3) is 5.07. The molecule has 1 N–H and O–H groups in total. The maximum Gasteiger partial charge on any atom is 0.194 e. The van der Waals surface area contributed by atoms with Gasteiger partial charge in [-0.3, -0.25) is 4.99 Å². The Morgan fingerprint density at radius 1 is 0.968 bits per heavy atom. The molecule has 2 saturated heterocycles. The second-order valence-corrected chi connectivity index (χ2v) is 8.10. The Bertz CT molecular complexity index is 887. The molecule has 0 unspecified atom stereocenters. The van der Waals surface area contributed by atoms with Gasteiger partial charge in [-0.05, 0) is 25.2 Å². The zero-order valence-electron chi connectivity index (χ0n) is 18.5. The summed E-state index contributed by atoms with van der Waals surface area (Å²) >= 11 is 0. The van der Waals surface area contributed by atoms with Crippen molar-refractivity contribution in [1.82, 2.24) is 20.1 Å². The Hall–Kier alpha value is -2.87. The number of hydrogen-bond donors (Lipinski definition) is 1. The van der Waals surface area contributed by atoms with Crippen molar-refractivity contribution in [2.24, 2.45) is 4.99 Å². The molecule has 2 aliphatic heterocycles. The van der Waals surface area contributed by atoms with Crippen molar-refractivity contribution in [2.75, 3.05) is 76.3 Å². The number of aliphatic imine (C=N–C) groups is 1. The Kier molecular flexibility index (Phi) is 6.86. The van der Waals surface area contributed by atoms with Crippen LogP contribution in [0, 0.1) is 5.82 Å². The Morgan fingerprint density at radius 3 is 2.39 bits per heavy atom. The monoisotopic (exact) mass is 425 g/mol. The van der Waals surface area contributed by atoms with Crippen molar-refractivity contribution >= 4 is 17.5 Å². The minimum Gasteiger partial charge on any atom is -0.366 e. The van der Waals surface area contributed by atoms with Gasteiger partial charge >= 0.3 is 0 Å². The predicted molar refractivity (Wildman–Crippen MR) is 124 cm³/mol. The highest BCUT2D eigenvalue weighted by atomic mass is 19.1. The summed E-state index contributed by atoms with van der Waals surface area (Å²) in [5.41, 5.74) is 1.86. The number of aromatic nitrogens is 1. The molecule has 31 heavy (non-hydrogen) atoms. The van der Waals surface area contributed by atoms with Crippen molar-refractivity contribution in [1.29, 1.82) is 0 Å². The van der Waals surface area contributed by atoms with Crippen molar-refractivity contribution in [3.05, 3.63) is 54.0 Å². The van der Waals surface area contributed by atoms with E-state index in [2.05, 4.69) is 48.0 Å². The van der Waals surface area contributed by atoms with Crippen molar-refractivity contribution < 1.29 is 4.39 Å². The summed E-state index contributed by atoms with van der Waals surface area (Å²) in [7, 11) is 3.98. The number of guanidine groups is 1. The van der Waals surface area contributed by atoms with E-state index in [1.54, 1.807) is 6.07 Å². The molecule has 1 aromatic carbocycles. The zero-order valence-corrected chi connectivity index (χ0v) is 18.5. The van der Waals surface area contributed by atoms with Crippen LogP contribution in [0.3, 0.4) is 0 Å². The third-order valence-corrected chi connectivity index (χ3v) is 6.09. The number of nitrogens with zero attached hydrogens (tertiary/aromatic N) is 6. The number of para-hydroxylation sites is 1. The van der Waals surface area contributed by atoms with Gasteiger partial charge < -0.3 is 24.9 Å². The third-order valence-electron chi connectivity index (χ3n) is 6.09. The fourth-order valence-electron chi connectivity index (χ4n) is 4.25. The van der Waals surface area contributed by atoms with E-state index in [0.29, 0.717) is 12.2 Å². The lowest BCUT2D eigenvalue weighted by molar-refractivity contribution is 0.311. The van der Waals surface area contributed by atoms with Gasteiger partial charge in [0, 0.05) is 77.7 Å². The number of rotatable bonds is 4. The van der Waals surface area contributed by atoms with Crippen LogP contribution in [0.25, 0.3) is 0 Å². The number of nitrogens with one attached hydrogen (secondary N) is 1. The van der Waals surface area contributed by atoms with Crippen LogP contribution in [0.1, 0.15) is 5.56 Å². The van der Waals surface area contributed by atoms with Gasteiger partial charge in [-0.1, -0.05) is 18.2 Å². The SMILES string of the molecule is CN=C(NCc1cccnc1N1CCN(C)CC1)N1CCN(c2ccccc2F)CC1. The predicted octanol–water partition coefficient (Wildman–Crippen LogP) is 1.87. The highest BCUT2D eigenvalue weighted by molar-refractivity contribution is 5.80. The van der Waals surface area contributed by atoms with Crippen molar-refractivity contribution in [2.45, 2.75) is 6.54 Å². The Balaban J connectivity index is 1.35. The number of hydrogen-bond acceptors (Lipinski definition) is 5. The van der Waals surface area contributed by atoms with Crippen LogP contribution in [0.4, 0.5) is 15.9 Å². The quantitative estimate of drug-likeness (QED) is 0.596. The summed E-state index contributed by atoms with van der Waals surface area (Å²) in [5.74, 6) is 1.77. The number of benzene rings is 1. The van der Waals surface area contributed by atoms with Gasteiger partial charge in [0.25, 0.3) is 0 Å². The molecule has 166 valence electrons. The largest absolute Gasteiger partial charge is 0.366 e. The van der Waals surface area contributed by atoms with Crippen molar-refractivity contribution in [3.63, 3.8) is 0 Å². The summed E-state index contributed by atoms with van der Waals surface area (Å²) in [6.45, 7) is 7.89. The topological polar surface area (TPSA) is 50.2 Å². The molecule has 0 spiro atoms. The summed E-state index contributed by atoms with van der Waals surface area (Å²) in [6, 6.07) is 11.1. The lowest BCUT2D eigenvalue weighted by atomic mass is 10.2. The normalized spacial score (nSPS) is 18.4. The molecule has 0 saturated carbocycles. The molecule has 2 aliphatic rings. The van der Waals surface area contributed by atoms with Gasteiger partial charge in [0.15, 0.2) is 5.96 Å². The van der Waals surface area contributed by atoms with Gasteiger partial charge in [-0.25, -0.2) is 9.37 Å². The average molecular weight is 426 g/mol. The second kappa shape index (κ2) is 9.96. The summed E-state index contributed by atoms with van der Waals surface area (Å²) in [5, 5.41) is 3.52. The smallest absolute Gasteiger partial charge is 0.194 e. The van der Waals surface area contributed by atoms with E-state index >= 15 is 0 Å². The van der Waals surface area contributed by atoms with E-state index in [1.807, 2.05) is 31.4 Å². The molecule has 1 aromatic heterocycles. The molecule has 3 heterocycles. The molecule has 0 bridgehead atoms. The van der Waals surface area contributed by atoms with Crippen LogP contribution in [0.5, 0.6) is 0 Å². The number of halogens is 1. The molecular formula is C23H32FN7. The van der Waals surface area contributed by atoms with Crippen LogP contribution < -0.4 is 15.1 Å². The van der Waals surface area contributed by atoms with Gasteiger partial charge in [0.2, 0.25) is 0 Å². The fraction of sp³-hybridized carbons (Fsp3) is 0.478. The van der Waals surface area contributed by atoms with E-state index in [1.165, 1.54) is 11.6 Å². The minimum atomic E-state index is -0.161. The standard InChI is InChI=1S/C23H32FN7/c1-25-23(31-16-14-29(15-17-31)21-8-4-3-7-20(21)24)27-18-19-6-5-9-26-22(19)30-12-10-28(2)11-13-30/h3-9H,10-18H2,1-2H3,(H,25,27). The molecular weight excluding hydrogens is 393 g/mol. The van der Waals surface area contributed by atoms with E-state index in [4.69, 9.17) is 0 Å². The zero-order chi connectivity index (χ0) is 21.6. The maximum atomic E-state index is 14.1. The van der Waals surface area contributed by atoms with Crippen LogP contribution in [0.2, 0.25) is 0 Å². The fourth-order valence-corrected chi connectivity index (χ4v) is 4.25. The molecule has 0 radical (unpaired) electrons. The van der Waals surface area contributed by atoms with Gasteiger partial charge in [-0.15, -0.1) is 0 Å². The molecule has 0 atom stereocenters. The lowest BCUT2D eigenvalue weighted by Crippen LogP contribution is -2.52. The molecule has 0 aliphatic carbocycles. The summed E-state index contributed by atoms with van der Waals surface area (Å²) in [6.07, 6.45) is 1.87. The average Bonchev–Trinajstić information content (AvgIpc) is 2.81. The second-order valence-electron chi connectivity index (χ2n) is 8.10. The lowest BCUT2D eigenvalue weighted by Gasteiger charge is -2.38. The highest BCUT2D eigenvalue weighted by Gasteiger charge is 2.22. The molecule has 7 nitrogen and oxygen atoms in total. The first-order valence-corrected chi connectivity index (χ1v) is 11.0. The van der Waals surface area contributed by atoms with E-state index in [0.717, 1.165) is 64.1 Å². The Labute approximate surface area is 184 Å². The van der Waals surface area contributed by atoms with Crippen molar-refractivity contribution in [3.8, 4) is 0 Å². The maximum absolute atomic E-state index is 14.1. The first-order chi connectivity index (χ1) is 15.2. The molecule has 0 amide bonds. The van der Waals surface area contributed by atoms with E-state index < -0.39 is 0 Å². The van der Waals surface area contributed by atoms with Crippen LogP contribution in [0.15, 0.2) is 47.6 Å². The summed E-state index contributed by atoms with van der Waals surface area (Å²) < 4.78 is 14.1. The van der Waals surface area contributed by atoms with E-state index in [9.17, 15) is 4.39 Å². The first kappa shape index (κ1) is 21.4. The van der Waals surface area contributed by atoms with Gasteiger partial charge in [0.1, 0.15) is 11.6 Å². The van der Waals surface area contributed by atoms with Gasteiger partial charge in [-0.2, -0.15) is 0 Å². The Morgan fingerprint density at radius 2 is 1.68 bits per heavy atom. The van der Waals surface area contributed by atoms with Crippen LogP contribution in [-0.4, -0.2) is 87.2 Å². The number of piperazine rings is 2. The van der Waals surface area contributed by atoms with Gasteiger partial charge in [0.05, 0.1) is 5.69 Å². The number of pyridine rings is 1. The summed E-state index contributed by atoms with van der Waals surface area (Å²) in [4.78, 5) is 18.2. The molecule has 2 aromatic rings. The van der Waals surface area contributed by atoms with Crippen LogP contribution in [-0.2, 0) is 6.54 Å². The first-order valence-electron chi connectivity index (χ1n) is 11.0. The van der Waals surface area contributed by atoms with Crippen LogP contribution >= 0.6 is 0 Å². The van der Waals surface area contributed by atoms with E-state index in [-0.39, 0.29) is 5.82 Å².